The quantitative estimate of drug-likeness (QED) is 0.516. The van der Waals surface area contributed by atoms with E-state index < -0.39 is 26.3 Å². The van der Waals surface area contributed by atoms with Gasteiger partial charge in [-0.3, -0.25) is 0 Å². The molecule has 190 valence electrons. The summed E-state index contributed by atoms with van der Waals surface area (Å²) in [5.74, 6) is -0.176. The molecule has 0 radical (unpaired) electrons. The number of nitrogen functional groups attached to an aromatic ring is 1. The summed E-state index contributed by atoms with van der Waals surface area (Å²) in [5.41, 5.74) is 4.21. The maximum atomic E-state index is 13.9. The van der Waals surface area contributed by atoms with Crippen molar-refractivity contribution in [1.29, 1.82) is 0 Å². The number of anilines is 2. The maximum Gasteiger partial charge on any atom is 0.417 e. The second-order valence-corrected chi connectivity index (χ2v) is 11.3. The highest BCUT2D eigenvalue weighted by Crippen LogP contribution is 2.56. The summed E-state index contributed by atoms with van der Waals surface area (Å²) in [7, 11) is -4.03. The van der Waals surface area contributed by atoms with E-state index in [0.29, 0.717) is 26.3 Å². The monoisotopic (exact) mass is 539 g/mol. The molecule has 2 fully saturated rings. The molecule has 2 aromatic heterocycles. The summed E-state index contributed by atoms with van der Waals surface area (Å²) in [5, 5.41) is 0.0635. The lowest BCUT2D eigenvalue weighted by Gasteiger charge is -2.28. The smallest absolute Gasteiger partial charge is 0.384 e. The van der Waals surface area contributed by atoms with Crippen molar-refractivity contribution in [2.45, 2.75) is 28.7 Å². The molecule has 36 heavy (non-hydrogen) atoms. The lowest BCUT2D eigenvalue weighted by atomic mass is 10.0. The molecular weight excluding hydrogens is 519 g/mol. The van der Waals surface area contributed by atoms with Gasteiger partial charge in [0.25, 0.3) is 0 Å². The van der Waals surface area contributed by atoms with Gasteiger partial charge in [0.05, 0.1) is 40.1 Å². The van der Waals surface area contributed by atoms with Crippen LogP contribution in [-0.2, 0) is 25.5 Å². The van der Waals surface area contributed by atoms with E-state index >= 15 is 0 Å². The number of aromatic nitrogens is 3. The molecule has 1 saturated heterocycles. The molecule has 2 aliphatic rings. The predicted octanol–water partition coefficient (Wildman–Crippen LogP) is 4.09. The molecule has 8 nitrogen and oxygen atoms in total. The first kappa shape index (κ1) is 24.7. The first-order valence-electron chi connectivity index (χ1n) is 11.1. The van der Waals surface area contributed by atoms with Crippen LogP contribution < -0.4 is 10.6 Å². The Morgan fingerprint density at radius 3 is 2.42 bits per heavy atom. The molecule has 1 aliphatic heterocycles. The summed E-state index contributed by atoms with van der Waals surface area (Å²) < 4.78 is 73.2. The topological polar surface area (TPSA) is 111 Å². The Kier molecular flexibility index (Phi) is 6.08. The Bertz CT molecular complexity index is 1420. The average molecular weight is 540 g/mol. The molecule has 3 aromatic rings. The third-order valence-corrected chi connectivity index (χ3v) is 9.35. The van der Waals surface area contributed by atoms with Crippen LogP contribution in [0.5, 0.6) is 0 Å². The molecule has 0 amide bonds. The number of hydrogen-bond acceptors (Lipinski definition) is 8. The Morgan fingerprint density at radius 1 is 1.08 bits per heavy atom. The van der Waals surface area contributed by atoms with Crippen LogP contribution in [0.1, 0.15) is 24.1 Å². The number of alkyl halides is 3. The van der Waals surface area contributed by atoms with Crippen molar-refractivity contribution < 1.29 is 26.3 Å². The Balaban J connectivity index is 1.71. The normalized spacial score (nSPS) is 17.7. The molecule has 0 spiro atoms. The number of sulfone groups is 1. The van der Waals surface area contributed by atoms with Gasteiger partial charge in [0.15, 0.2) is 9.84 Å². The lowest BCUT2D eigenvalue weighted by Crippen LogP contribution is -2.38. The van der Waals surface area contributed by atoms with Crippen LogP contribution in [0.4, 0.5) is 24.9 Å². The fraction of sp³-hybridized carbons (Fsp3) is 0.348. The van der Waals surface area contributed by atoms with Gasteiger partial charge in [0, 0.05) is 24.8 Å². The van der Waals surface area contributed by atoms with Crippen molar-refractivity contribution in [3.05, 3.63) is 58.9 Å². The molecule has 0 unspecified atom stereocenters. The van der Waals surface area contributed by atoms with Gasteiger partial charge in [0.1, 0.15) is 10.6 Å². The third kappa shape index (κ3) is 4.27. The van der Waals surface area contributed by atoms with Gasteiger partial charge in [-0.2, -0.15) is 13.2 Å². The second-order valence-electron chi connectivity index (χ2n) is 8.62. The van der Waals surface area contributed by atoms with Crippen molar-refractivity contribution in [2.24, 2.45) is 0 Å². The average Bonchev–Trinajstić information content (AvgIpc) is 3.67. The second kappa shape index (κ2) is 8.86. The maximum absolute atomic E-state index is 13.9. The minimum absolute atomic E-state index is 0.0533. The molecule has 1 aliphatic carbocycles. The first-order valence-corrected chi connectivity index (χ1v) is 12.9. The minimum Gasteiger partial charge on any atom is -0.384 e. The van der Waals surface area contributed by atoms with Crippen molar-refractivity contribution in [1.82, 2.24) is 15.0 Å². The Morgan fingerprint density at radius 2 is 1.78 bits per heavy atom. The highest BCUT2D eigenvalue weighted by molar-refractivity contribution is 7.92. The highest BCUT2D eigenvalue weighted by atomic mass is 35.5. The summed E-state index contributed by atoms with van der Waals surface area (Å²) in [6.07, 6.45) is -3.26. The zero-order chi connectivity index (χ0) is 25.7. The molecule has 1 saturated carbocycles. The number of nitrogens with two attached hydrogens (primary N) is 1. The molecule has 3 heterocycles. The van der Waals surface area contributed by atoms with E-state index in [1.54, 1.807) is 17.0 Å². The van der Waals surface area contributed by atoms with E-state index in [2.05, 4.69) is 15.0 Å². The van der Waals surface area contributed by atoms with Crippen LogP contribution in [0, 0.1) is 0 Å². The number of hydrogen-bond donors (Lipinski definition) is 1. The van der Waals surface area contributed by atoms with Gasteiger partial charge in [-0.1, -0.05) is 23.7 Å². The van der Waals surface area contributed by atoms with E-state index in [1.165, 1.54) is 18.2 Å². The number of morpholine rings is 1. The number of ether oxygens (including phenoxy) is 1. The number of nitrogens with zero attached hydrogens (tertiary/aromatic N) is 4. The van der Waals surface area contributed by atoms with Crippen LogP contribution in [0.15, 0.2) is 47.5 Å². The minimum atomic E-state index is -4.74. The van der Waals surface area contributed by atoms with Gasteiger partial charge in [-0.25, -0.2) is 23.4 Å². The van der Waals surface area contributed by atoms with Gasteiger partial charge in [-0.05, 0) is 37.1 Å². The van der Waals surface area contributed by atoms with E-state index in [-0.39, 0.29) is 51.5 Å². The van der Waals surface area contributed by atoms with Gasteiger partial charge in [-0.15, -0.1) is 0 Å². The van der Waals surface area contributed by atoms with E-state index in [9.17, 15) is 21.6 Å². The fourth-order valence-electron chi connectivity index (χ4n) is 4.27. The number of halogens is 4. The van der Waals surface area contributed by atoms with Crippen molar-refractivity contribution in [2.75, 3.05) is 36.9 Å². The molecule has 13 heteroatoms. The summed E-state index contributed by atoms with van der Waals surface area (Å²) >= 11 is 6.22. The van der Waals surface area contributed by atoms with Gasteiger partial charge >= 0.3 is 6.18 Å². The van der Waals surface area contributed by atoms with Crippen molar-refractivity contribution >= 4 is 33.2 Å². The van der Waals surface area contributed by atoms with Crippen LogP contribution in [0.25, 0.3) is 11.3 Å². The van der Waals surface area contributed by atoms with Gasteiger partial charge in [0.2, 0.25) is 5.95 Å². The SMILES string of the molecule is Nc1cc(C(F)(F)F)c(-c2cc(C3(S(=O)(=O)c4ccccc4Cl)CC3)nc(N3CCOCC3)n2)cn1. The largest absolute Gasteiger partial charge is 0.417 e. The van der Waals surface area contributed by atoms with Gasteiger partial charge < -0.3 is 15.4 Å². The van der Waals surface area contributed by atoms with E-state index in [4.69, 9.17) is 22.1 Å². The zero-order valence-corrected chi connectivity index (χ0v) is 20.4. The van der Waals surface area contributed by atoms with E-state index in [1.807, 2.05) is 0 Å². The number of rotatable bonds is 5. The summed E-state index contributed by atoms with van der Waals surface area (Å²) in [6, 6.07) is 8.11. The molecule has 0 atom stereocenters. The molecule has 0 bridgehead atoms. The predicted molar refractivity (Wildman–Crippen MR) is 127 cm³/mol. The summed E-state index contributed by atoms with van der Waals surface area (Å²) in [4.78, 5) is 14.5. The highest BCUT2D eigenvalue weighted by Gasteiger charge is 2.58. The number of pyridine rings is 1. The lowest BCUT2D eigenvalue weighted by molar-refractivity contribution is -0.137. The first-order chi connectivity index (χ1) is 17.0. The van der Waals surface area contributed by atoms with Crippen LogP contribution >= 0.6 is 11.6 Å². The molecule has 2 N–H and O–H groups in total. The van der Waals surface area contributed by atoms with Crippen LogP contribution in [0.2, 0.25) is 5.02 Å². The standard InChI is InChI=1S/C23H21ClF3N5O3S/c24-16-3-1-2-4-18(16)36(33,34)22(5-6-22)19-12-17(30-21(31-19)32-7-9-35-10-8-32)14-13-29-20(28)11-15(14)23(25,26)27/h1-4,11-13H,5-10H2,(H2,28,29). The molecule has 5 rings (SSSR count). The molecular formula is C23H21ClF3N5O3S. The zero-order valence-electron chi connectivity index (χ0n) is 18.8. The van der Waals surface area contributed by atoms with Crippen molar-refractivity contribution in [3.8, 4) is 11.3 Å². The Hall–Kier alpha value is -2.96. The summed E-state index contributed by atoms with van der Waals surface area (Å²) in [6.45, 7) is 1.56. The third-order valence-electron chi connectivity index (χ3n) is 6.33. The molecule has 1 aromatic carbocycles. The van der Waals surface area contributed by atoms with Crippen molar-refractivity contribution in [3.63, 3.8) is 0 Å². The Labute approximate surface area is 210 Å². The van der Waals surface area contributed by atoms with Crippen LogP contribution in [0.3, 0.4) is 0 Å². The van der Waals surface area contributed by atoms with E-state index in [0.717, 1.165) is 12.3 Å². The fourth-order valence-corrected chi connectivity index (χ4v) is 6.73. The van der Waals surface area contributed by atoms with Crippen LogP contribution in [-0.4, -0.2) is 49.7 Å². The number of benzene rings is 1.